The van der Waals surface area contributed by atoms with Gasteiger partial charge in [0.2, 0.25) is 0 Å². The summed E-state index contributed by atoms with van der Waals surface area (Å²) in [7, 11) is 0. The Balaban J connectivity index is 1.12. The average molecular weight is 600 g/mol. The maximum Gasteiger partial charge on any atom is 0.144 e. The van der Waals surface area contributed by atoms with Crippen LogP contribution in [0.3, 0.4) is 0 Å². The summed E-state index contributed by atoms with van der Waals surface area (Å²) in [6, 6.07) is 52.5. The Morgan fingerprint density at radius 1 is 0.383 bits per heavy atom. The van der Waals surface area contributed by atoms with Gasteiger partial charge in [-0.2, -0.15) is 0 Å². The monoisotopic (exact) mass is 599 g/mol. The van der Waals surface area contributed by atoms with Gasteiger partial charge in [-0.25, -0.2) is 15.0 Å². The van der Waals surface area contributed by atoms with Crippen molar-refractivity contribution in [3.8, 4) is 33.8 Å². The molecule has 6 aromatic carbocycles. The van der Waals surface area contributed by atoms with Crippen LogP contribution in [-0.2, 0) is 0 Å². The average Bonchev–Trinajstić information content (AvgIpc) is 3.53. The smallest absolute Gasteiger partial charge is 0.144 e. The second-order valence-electron chi connectivity index (χ2n) is 12.0. The van der Waals surface area contributed by atoms with Crippen molar-refractivity contribution >= 4 is 65.4 Å². The minimum atomic E-state index is 0.893. The van der Waals surface area contributed by atoms with E-state index >= 15 is 0 Å². The number of hydrogen-bond acceptors (Lipinski definition) is 4. The lowest BCUT2D eigenvalue weighted by molar-refractivity contribution is 0.673. The Kier molecular flexibility index (Phi) is 5.54. The second-order valence-corrected chi connectivity index (χ2v) is 12.0. The van der Waals surface area contributed by atoms with E-state index in [2.05, 4.69) is 115 Å². The number of furan rings is 1. The van der Waals surface area contributed by atoms with Gasteiger partial charge in [0.25, 0.3) is 0 Å². The Hall–Kier alpha value is -6.39. The highest BCUT2D eigenvalue weighted by Crippen LogP contribution is 2.41. The highest BCUT2D eigenvalue weighted by Gasteiger charge is 2.17. The standard InChI is InChI=1S/C43H25N3O/c1-2-8-26(9-3-1)35-24-20-29-18-19-30-21-25-36(45-42(30)41(29)44-35)27-14-16-28(17-15-27)40-34-23-22-32-31-10-5-7-13-38(31)47-43(32)39(34)33-11-4-6-12-37(33)46-40/h1-25H. The van der Waals surface area contributed by atoms with Crippen LogP contribution >= 0.6 is 0 Å². The fourth-order valence-electron chi connectivity index (χ4n) is 6.93. The third-order valence-electron chi connectivity index (χ3n) is 9.25. The van der Waals surface area contributed by atoms with Gasteiger partial charge in [-0.05, 0) is 30.3 Å². The van der Waals surface area contributed by atoms with E-state index in [0.717, 1.165) is 99.2 Å². The van der Waals surface area contributed by atoms with Crippen LogP contribution in [0.2, 0.25) is 0 Å². The number of fused-ring (bicyclic) bond motifs is 10. The van der Waals surface area contributed by atoms with Crippen LogP contribution in [0.1, 0.15) is 0 Å². The number of para-hydroxylation sites is 2. The van der Waals surface area contributed by atoms with Crippen LogP contribution in [0.25, 0.3) is 99.2 Å². The molecule has 4 aromatic heterocycles. The first-order valence-corrected chi connectivity index (χ1v) is 15.8. The van der Waals surface area contributed by atoms with E-state index in [0.29, 0.717) is 0 Å². The second kappa shape index (κ2) is 10.1. The summed E-state index contributed by atoms with van der Waals surface area (Å²) in [6.45, 7) is 0. The summed E-state index contributed by atoms with van der Waals surface area (Å²) < 4.78 is 6.50. The van der Waals surface area contributed by atoms with Crippen molar-refractivity contribution in [2.24, 2.45) is 0 Å². The Morgan fingerprint density at radius 3 is 1.70 bits per heavy atom. The number of rotatable bonds is 3. The molecular formula is C43H25N3O. The highest BCUT2D eigenvalue weighted by atomic mass is 16.3. The van der Waals surface area contributed by atoms with Gasteiger partial charge in [0.05, 0.1) is 33.6 Å². The predicted octanol–water partition coefficient (Wildman–Crippen LogP) is 11.4. The molecule has 0 spiro atoms. The lowest BCUT2D eigenvalue weighted by Crippen LogP contribution is -1.92. The van der Waals surface area contributed by atoms with Gasteiger partial charge in [0, 0.05) is 54.4 Å². The molecule has 10 rings (SSSR count). The molecule has 0 aliphatic carbocycles. The molecule has 10 aromatic rings. The van der Waals surface area contributed by atoms with Crippen molar-refractivity contribution in [3.63, 3.8) is 0 Å². The maximum atomic E-state index is 6.50. The van der Waals surface area contributed by atoms with E-state index in [4.69, 9.17) is 19.4 Å². The summed E-state index contributed by atoms with van der Waals surface area (Å²) in [5, 5.41) is 7.63. The SMILES string of the molecule is c1ccc(-c2ccc3ccc4ccc(-c5ccc(-c6nc7ccccc7c7c6ccc6c8ccccc8oc67)cc5)nc4c3n2)cc1. The first-order chi connectivity index (χ1) is 23.3. The van der Waals surface area contributed by atoms with E-state index in [1.807, 2.05) is 36.4 Å². The minimum Gasteiger partial charge on any atom is -0.455 e. The van der Waals surface area contributed by atoms with Crippen LogP contribution in [0.5, 0.6) is 0 Å². The summed E-state index contributed by atoms with van der Waals surface area (Å²) in [6.07, 6.45) is 0. The third kappa shape index (κ3) is 4.05. The van der Waals surface area contributed by atoms with Crippen LogP contribution in [0.4, 0.5) is 0 Å². The summed E-state index contributed by atoms with van der Waals surface area (Å²) in [4.78, 5) is 15.4. The summed E-state index contributed by atoms with van der Waals surface area (Å²) >= 11 is 0. The maximum absolute atomic E-state index is 6.50. The predicted molar refractivity (Wildman–Crippen MR) is 193 cm³/mol. The Bertz CT molecular complexity index is 2840. The first-order valence-electron chi connectivity index (χ1n) is 15.8. The summed E-state index contributed by atoms with van der Waals surface area (Å²) in [5.41, 5.74) is 10.5. The van der Waals surface area contributed by atoms with Crippen LogP contribution in [0, 0.1) is 0 Å². The number of hydrogen-bond donors (Lipinski definition) is 0. The highest BCUT2D eigenvalue weighted by molar-refractivity contribution is 6.24. The molecule has 4 heterocycles. The zero-order valence-corrected chi connectivity index (χ0v) is 25.2. The van der Waals surface area contributed by atoms with Crippen LogP contribution in [-0.4, -0.2) is 15.0 Å². The van der Waals surface area contributed by atoms with Crippen molar-refractivity contribution in [1.29, 1.82) is 0 Å². The van der Waals surface area contributed by atoms with Gasteiger partial charge in [0.15, 0.2) is 0 Å². The van der Waals surface area contributed by atoms with Gasteiger partial charge in [0.1, 0.15) is 11.2 Å². The molecule has 0 aliphatic rings. The van der Waals surface area contributed by atoms with E-state index in [1.54, 1.807) is 0 Å². The quantitative estimate of drug-likeness (QED) is 0.190. The molecule has 218 valence electrons. The molecule has 0 unspecified atom stereocenters. The van der Waals surface area contributed by atoms with Gasteiger partial charge in [-0.1, -0.05) is 121 Å². The van der Waals surface area contributed by atoms with E-state index in [1.165, 1.54) is 0 Å². The number of benzene rings is 6. The van der Waals surface area contributed by atoms with E-state index < -0.39 is 0 Å². The lowest BCUT2D eigenvalue weighted by atomic mass is 9.97. The third-order valence-corrected chi connectivity index (χ3v) is 9.25. The molecular weight excluding hydrogens is 574 g/mol. The Morgan fingerprint density at radius 2 is 0.957 bits per heavy atom. The molecule has 0 amide bonds. The topological polar surface area (TPSA) is 51.8 Å². The van der Waals surface area contributed by atoms with Crippen LogP contribution < -0.4 is 0 Å². The lowest BCUT2D eigenvalue weighted by Gasteiger charge is -2.11. The Labute approximate surface area is 269 Å². The zero-order chi connectivity index (χ0) is 30.9. The van der Waals surface area contributed by atoms with Gasteiger partial charge >= 0.3 is 0 Å². The van der Waals surface area contributed by atoms with Crippen molar-refractivity contribution in [2.75, 3.05) is 0 Å². The normalized spacial score (nSPS) is 11.8. The molecule has 0 saturated heterocycles. The van der Waals surface area contributed by atoms with E-state index in [-0.39, 0.29) is 0 Å². The number of nitrogens with zero attached hydrogens (tertiary/aromatic N) is 3. The summed E-state index contributed by atoms with van der Waals surface area (Å²) in [5.74, 6) is 0. The van der Waals surface area contributed by atoms with E-state index in [9.17, 15) is 0 Å². The molecule has 0 bridgehead atoms. The van der Waals surface area contributed by atoms with Crippen molar-refractivity contribution in [3.05, 3.63) is 152 Å². The fourth-order valence-corrected chi connectivity index (χ4v) is 6.93. The largest absolute Gasteiger partial charge is 0.455 e. The molecule has 4 nitrogen and oxygen atoms in total. The van der Waals surface area contributed by atoms with Crippen LogP contribution in [0.15, 0.2) is 156 Å². The van der Waals surface area contributed by atoms with Gasteiger partial charge < -0.3 is 4.42 Å². The van der Waals surface area contributed by atoms with Crippen molar-refractivity contribution in [1.82, 2.24) is 15.0 Å². The molecule has 0 aliphatic heterocycles. The molecule has 4 heteroatoms. The molecule has 0 radical (unpaired) electrons. The molecule has 0 atom stereocenters. The minimum absolute atomic E-state index is 0.893. The molecule has 0 N–H and O–H groups in total. The van der Waals surface area contributed by atoms with Gasteiger partial charge in [-0.3, -0.25) is 0 Å². The zero-order valence-electron chi connectivity index (χ0n) is 25.2. The molecule has 0 fully saturated rings. The first kappa shape index (κ1) is 25.9. The fraction of sp³-hybridized carbons (Fsp3) is 0. The van der Waals surface area contributed by atoms with Gasteiger partial charge in [-0.15, -0.1) is 0 Å². The number of aromatic nitrogens is 3. The molecule has 0 saturated carbocycles. The number of pyridine rings is 3. The van der Waals surface area contributed by atoms with Crippen molar-refractivity contribution < 1.29 is 4.42 Å². The van der Waals surface area contributed by atoms with Crippen molar-refractivity contribution in [2.45, 2.75) is 0 Å². The molecule has 47 heavy (non-hydrogen) atoms.